The lowest BCUT2D eigenvalue weighted by atomic mass is 9.99. The summed E-state index contributed by atoms with van der Waals surface area (Å²) in [5.74, 6) is 0. The molecule has 1 fully saturated rings. The third kappa shape index (κ3) is 2.71. The fraction of sp³-hybridized carbons (Fsp3) is 1.00. The molecule has 0 aromatic heterocycles. The van der Waals surface area contributed by atoms with Crippen molar-refractivity contribution in [3.05, 3.63) is 0 Å². The first-order valence-electron chi connectivity index (χ1n) is 5.10. The average molecular weight is 236 g/mol. The van der Waals surface area contributed by atoms with Crippen molar-refractivity contribution >= 4 is 0 Å². The van der Waals surface area contributed by atoms with Crippen LogP contribution in [0.5, 0.6) is 0 Å². The van der Waals surface area contributed by atoms with Crippen molar-refractivity contribution in [3.63, 3.8) is 0 Å². The standard InChI is InChI=1S/C10H20O6/c1-12-5-6-7(11)8(13-2)9(14-3)10(15-4)16-6/h6-11H,5H2,1-4H3/t6-,7-,8+,9-,10-/m1/s1. The van der Waals surface area contributed by atoms with E-state index in [0.29, 0.717) is 0 Å². The molecule has 1 aliphatic heterocycles. The van der Waals surface area contributed by atoms with Gasteiger partial charge in [-0.2, -0.15) is 0 Å². The van der Waals surface area contributed by atoms with Gasteiger partial charge in [0.05, 0.1) is 6.61 Å². The van der Waals surface area contributed by atoms with Gasteiger partial charge in [-0.05, 0) is 0 Å². The zero-order valence-corrected chi connectivity index (χ0v) is 10.1. The molecule has 96 valence electrons. The predicted octanol–water partition coefficient (Wildman–Crippen LogP) is -0.605. The minimum atomic E-state index is -0.804. The molecule has 1 rings (SSSR count). The largest absolute Gasteiger partial charge is 0.387 e. The average Bonchev–Trinajstić information content (AvgIpc) is 2.31. The van der Waals surface area contributed by atoms with E-state index in [4.69, 9.17) is 23.7 Å². The molecule has 0 spiro atoms. The molecule has 6 nitrogen and oxygen atoms in total. The topological polar surface area (TPSA) is 66.4 Å². The van der Waals surface area contributed by atoms with Gasteiger partial charge in [0.15, 0.2) is 6.29 Å². The molecule has 0 aliphatic carbocycles. The Labute approximate surface area is 95.4 Å². The van der Waals surface area contributed by atoms with Crippen LogP contribution >= 0.6 is 0 Å². The van der Waals surface area contributed by atoms with Crippen LogP contribution in [0.2, 0.25) is 0 Å². The van der Waals surface area contributed by atoms with E-state index >= 15 is 0 Å². The maximum atomic E-state index is 10.0. The first-order valence-corrected chi connectivity index (χ1v) is 5.10. The van der Waals surface area contributed by atoms with Crippen molar-refractivity contribution in [3.8, 4) is 0 Å². The fourth-order valence-corrected chi connectivity index (χ4v) is 1.90. The molecule has 0 amide bonds. The fourth-order valence-electron chi connectivity index (χ4n) is 1.90. The molecule has 1 aliphatic rings. The summed E-state index contributed by atoms with van der Waals surface area (Å²) in [5.41, 5.74) is 0. The quantitative estimate of drug-likeness (QED) is 0.687. The van der Waals surface area contributed by atoms with Gasteiger partial charge in [0.1, 0.15) is 24.4 Å². The lowest BCUT2D eigenvalue weighted by Crippen LogP contribution is -2.60. The molecule has 1 saturated heterocycles. The molecule has 0 aromatic carbocycles. The summed E-state index contributed by atoms with van der Waals surface area (Å²) >= 11 is 0. The molecule has 16 heavy (non-hydrogen) atoms. The highest BCUT2D eigenvalue weighted by Gasteiger charge is 2.46. The Kier molecular flexibility index (Phi) is 5.60. The summed E-state index contributed by atoms with van der Waals surface area (Å²) in [6.07, 6.45) is -2.81. The van der Waals surface area contributed by atoms with Crippen LogP contribution in [0.3, 0.4) is 0 Å². The van der Waals surface area contributed by atoms with Gasteiger partial charge in [-0.15, -0.1) is 0 Å². The monoisotopic (exact) mass is 236 g/mol. The number of ether oxygens (including phenoxy) is 5. The Bertz CT molecular complexity index is 200. The molecule has 5 atom stereocenters. The first-order chi connectivity index (χ1) is 7.69. The van der Waals surface area contributed by atoms with E-state index in [0.717, 1.165) is 0 Å². The molecule has 0 unspecified atom stereocenters. The van der Waals surface area contributed by atoms with Crippen molar-refractivity contribution in [2.75, 3.05) is 35.0 Å². The zero-order valence-electron chi connectivity index (χ0n) is 10.1. The summed E-state index contributed by atoms with van der Waals surface area (Å²) in [5, 5.41) is 10.0. The first kappa shape index (κ1) is 13.8. The molecule has 1 heterocycles. The summed E-state index contributed by atoms with van der Waals surface area (Å²) in [4.78, 5) is 0. The number of aliphatic hydroxyl groups excluding tert-OH is 1. The molecule has 0 aromatic rings. The highest BCUT2D eigenvalue weighted by Crippen LogP contribution is 2.25. The van der Waals surface area contributed by atoms with Crippen LogP contribution in [-0.2, 0) is 23.7 Å². The third-order valence-corrected chi connectivity index (χ3v) is 2.73. The lowest BCUT2D eigenvalue weighted by molar-refractivity contribution is -0.303. The maximum Gasteiger partial charge on any atom is 0.186 e. The number of aliphatic hydroxyl groups is 1. The number of hydrogen-bond donors (Lipinski definition) is 1. The van der Waals surface area contributed by atoms with Crippen LogP contribution in [0.15, 0.2) is 0 Å². The second kappa shape index (κ2) is 6.48. The Morgan fingerprint density at radius 3 is 2.06 bits per heavy atom. The van der Waals surface area contributed by atoms with Gasteiger partial charge in [0, 0.05) is 28.4 Å². The van der Waals surface area contributed by atoms with Crippen LogP contribution in [0, 0.1) is 0 Å². The van der Waals surface area contributed by atoms with Crippen LogP contribution < -0.4 is 0 Å². The zero-order chi connectivity index (χ0) is 12.1. The Balaban J connectivity index is 2.76. The normalized spacial score (nSPS) is 39.9. The van der Waals surface area contributed by atoms with E-state index < -0.39 is 30.7 Å². The molecule has 0 bridgehead atoms. The minimum Gasteiger partial charge on any atom is -0.387 e. The lowest BCUT2D eigenvalue weighted by Gasteiger charge is -2.42. The van der Waals surface area contributed by atoms with Crippen LogP contribution in [-0.4, -0.2) is 70.9 Å². The molecule has 1 N–H and O–H groups in total. The van der Waals surface area contributed by atoms with E-state index in [1.807, 2.05) is 0 Å². The second-order valence-electron chi connectivity index (χ2n) is 3.63. The molecule has 0 saturated carbocycles. The SMILES string of the molecule is COC[C@H]1O[C@@H](OC)[C@H](OC)[C@@H](OC)[C@@H]1O. The van der Waals surface area contributed by atoms with E-state index in [9.17, 15) is 5.11 Å². The van der Waals surface area contributed by atoms with Crippen molar-refractivity contribution in [2.45, 2.75) is 30.7 Å². The number of methoxy groups -OCH3 is 4. The number of hydrogen-bond acceptors (Lipinski definition) is 6. The third-order valence-electron chi connectivity index (χ3n) is 2.73. The highest BCUT2D eigenvalue weighted by molar-refractivity contribution is 4.90. The van der Waals surface area contributed by atoms with Gasteiger partial charge in [0.2, 0.25) is 0 Å². The summed E-state index contributed by atoms with van der Waals surface area (Å²) in [6, 6.07) is 0. The van der Waals surface area contributed by atoms with Gasteiger partial charge in [-0.1, -0.05) is 0 Å². The van der Waals surface area contributed by atoms with Gasteiger partial charge >= 0.3 is 0 Å². The van der Waals surface area contributed by atoms with Gasteiger partial charge < -0.3 is 28.8 Å². The van der Waals surface area contributed by atoms with Crippen molar-refractivity contribution in [1.82, 2.24) is 0 Å². The van der Waals surface area contributed by atoms with Crippen LogP contribution in [0.1, 0.15) is 0 Å². The Morgan fingerprint density at radius 1 is 1.00 bits per heavy atom. The van der Waals surface area contributed by atoms with Crippen molar-refractivity contribution in [1.29, 1.82) is 0 Å². The summed E-state index contributed by atoms with van der Waals surface area (Å²) < 4.78 is 26.1. The summed E-state index contributed by atoms with van der Waals surface area (Å²) in [7, 11) is 6.10. The Morgan fingerprint density at radius 2 is 1.62 bits per heavy atom. The maximum absolute atomic E-state index is 10.0. The second-order valence-corrected chi connectivity index (χ2v) is 3.63. The van der Waals surface area contributed by atoms with Gasteiger partial charge in [-0.3, -0.25) is 0 Å². The molecule has 6 heteroatoms. The van der Waals surface area contributed by atoms with Gasteiger partial charge in [0.25, 0.3) is 0 Å². The molecule has 0 radical (unpaired) electrons. The van der Waals surface area contributed by atoms with E-state index in [1.54, 1.807) is 7.11 Å². The van der Waals surface area contributed by atoms with E-state index in [1.165, 1.54) is 21.3 Å². The highest BCUT2D eigenvalue weighted by atomic mass is 16.7. The smallest absolute Gasteiger partial charge is 0.186 e. The minimum absolute atomic E-state index is 0.275. The van der Waals surface area contributed by atoms with Crippen LogP contribution in [0.4, 0.5) is 0 Å². The van der Waals surface area contributed by atoms with Crippen LogP contribution in [0.25, 0.3) is 0 Å². The predicted molar refractivity (Wildman–Crippen MR) is 55.1 cm³/mol. The van der Waals surface area contributed by atoms with E-state index in [-0.39, 0.29) is 6.61 Å². The molecular formula is C10H20O6. The molecular weight excluding hydrogens is 216 g/mol. The summed E-state index contributed by atoms with van der Waals surface area (Å²) in [6.45, 7) is 0.275. The van der Waals surface area contributed by atoms with Crippen molar-refractivity contribution in [2.24, 2.45) is 0 Å². The Hall–Kier alpha value is -0.240. The van der Waals surface area contributed by atoms with Gasteiger partial charge in [-0.25, -0.2) is 0 Å². The number of rotatable bonds is 5. The van der Waals surface area contributed by atoms with E-state index in [2.05, 4.69) is 0 Å². The van der Waals surface area contributed by atoms with Crippen molar-refractivity contribution < 1.29 is 28.8 Å².